The Bertz CT molecular complexity index is 392. The second-order valence-corrected chi connectivity index (χ2v) is 3.59. The molecule has 1 aliphatic rings. The Hall–Kier alpha value is -1.58. The summed E-state index contributed by atoms with van der Waals surface area (Å²) >= 11 is 0. The molecule has 0 saturated carbocycles. The number of rotatable bonds is 2. The molecule has 80 valence electrons. The third-order valence-electron chi connectivity index (χ3n) is 2.61. The van der Waals surface area contributed by atoms with Crippen molar-refractivity contribution < 1.29 is 13.9 Å². The van der Waals surface area contributed by atoms with Crippen LogP contribution in [0, 0.1) is 5.82 Å². The number of ether oxygens (including phenoxy) is 1. The number of carbonyl (C=O) groups is 1. The maximum atomic E-state index is 12.9. The second kappa shape index (κ2) is 3.88. The van der Waals surface area contributed by atoms with E-state index in [2.05, 4.69) is 5.32 Å². The summed E-state index contributed by atoms with van der Waals surface area (Å²) in [5.74, 6) is 0.309. The third-order valence-corrected chi connectivity index (χ3v) is 2.61. The zero-order valence-electron chi connectivity index (χ0n) is 8.42. The number of benzene rings is 1. The van der Waals surface area contributed by atoms with Crippen molar-refractivity contribution in [2.24, 2.45) is 0 Å². The highest BCUT2D eigenvalue weighted by atomic mass is 19.1. The van der Waals surface area contributed by atoms with Crippen molar-refractivity contribution in [2.75, 3.05) is 13.7 Å². The average Bonchev–Trinajstić information content (AvgIpc) is 2.64. The summed E-state index contributed by atoms with van der Waals surface area (Å²) in [6.07, 6.45) is 0.446. The normalized spacial score (nSPS) is 20.1. The third kappa shape index (κ3) is 1.93. The minimum absolute atomic E-state index is 0.0337. The van der Waals surface area contributed by atoms with Gasteiger partial charge in [0.25, 0.3) is 0 Å². The Labute approximate surface area is 87.2 Å². The first kappa shape index (κ1) is 9.96. The van der Waals surface area contributed by atoms with Crippen LogP contribution in [0.4, 0.5) is 4.39 Å². The van der Waals surface area contributed by atoms with Crippen LogP contribution in [0.2, 0.25) is 0 Å². The van der Waals surface area contributed by atoms with Gasteiger partial charge in [-0.3, -0.25) is 4.79 Å². The predicted molar refractivity (Wildman–Crippen MR) is 53.3 cm³/mol. The van der Waals surface area contributed by atoms with Gasteiger partial charge in [0.1, 0.15) is 11.6 Å². The lowest BCUT2D eigenvalue weighted by Crippen LogP contribution is -2.13. The van der Waals surface area contributed by atoms with Crippen molar-refractivity contribution in [3.8, 4) is 5.75 Å². The first-order valence-electron chi connectivity index (χ1n) is 4.81. The molecular weight excluding hydrogens is 197 g/mol. The quantitative estimate of drug-likeness (QED) is 0.800. The van der Waals surface area contributed by atoms with Crippen molar-refractivity contribution >= 4 is 5.91 Å². The van der Waals surface area contributed by atoms with Crippen LogP contribution in [0.1, 0.15) is 17.9 Å². The summed E-state index contributed by atoms with van der Waals surface area (Å²) in [7, 11) is 1.50. The molecule has 0 radical (unpaired) electrons. The van der Waals surface area contributed by atoms with E-state index in [1.54, 1.807) is 6.07 Å². The average molecular weight is 209 g/mol. The minimum Gasteiger partial charge on any atom is -0.496 e. The molecule has 0 spiro atoms. The van der Waals surface area contributed by atoms with E-state index in [0.29, 0.717) is 18.7 Å². The van der Waals surface area contributed by atoms with E-state index in [-0.39, 0.29) is 17.6 Å². The fourth-order valence-electron chi connectivity index (χ4n) is 1.85. The number of methoxy groups -OCH3 is 1. The van der Waals surface area contributed by atoms with Gasteiger partial charge in [0, 0.05) is 24.9 Å². The molecule has 1 heterocycles. The van der Waals surface area contributed by atoms with Gasteiger partial charge in [0.05, 0.1) is 7.11 Å². The molecule has 0 aromatic heterocycles. The lowest BCUT2D eigenvalue weighted by Gasteiger charge is -2.12. The summed E-state index contributed by atoms with van der Waals surface area (Å²) < 4.78 is 18.0. The van der Waals surface area contributed by atoms with Crippen LogP contribution < -0.4 is 10.1 Å². The Morgan fingerprint density at radius 2 is 2.33 bits per heavy atom. The Morgan fingerprint density at radius 1 is 1.53 bits per heavy atom. The molecule has 1 fully saturated rings. The number of hydrogen-bond acceptors (Lipinski definition) is 2. The fraction of sp³-hybridized carbons (Fsp3) is 0.364. The highest BCUT2D eigenvalue weighted by Gasteiger charge is 2.25. The molecule has 1 aromatic rings. The van der Waals surface area contributed by atoms with Crippen LogP contribution >= 0.6 is 0 Å². The number of amides is 1. The van der Waals surface area contributed by atoms with Gasteiger partial charge in [0.15, 0.2) is 0 Å². The molecule has 0 aliphatic carbocycles. The number of nitrogens with one attached hydrogen (secondary N) is 1. The maximum Gasteiger partial charge on any atom is 0.220 e. The molecule has 15 heavy (non-hydrogen) atoms. The summed E-state index contributed by atoms with van der Waals surface area (Å²) in [4.78, 5) is 11.1. The summed E-state index contributed by atoms with van der Waals surface area (Å²) in [6, 6.07) is 4.41. The van der Waals surface area contributed by atoms with Crippen molar-refractivity contribution in [1.29, 1.82) is 0 Å². The zero-order valence-corrected chi connectivity index (χ0v) is 8.42. The molecule has 4 heteroatoms. The van der Waals surface area contributed by atoms with Gasteiger partial charge >= 0.3 is 0 Å². The molecule has 1 aromatic carbocycles. The van der Waals surface area contributed by atoms with Gasteiger partial charge < -0.3 is 10.1 Å². The SMILES string of the molecule is COc1cc(F)ccc1C1CNC(=O)C1. The zero-order chi connectivity index (χ0) is 10.8. The van der Waals surface area contributed by atoms with Crippen LogP contribution in [0.3, 0.4) is 0 Å². The maximum absolute atomic E-state index is 12.9. The van der Waals surface area contributed by atoms with E-state index in [1.807, 2.05) is 0 Å². The Morgan fingerprint density at radius 3 is 2.93 bits per heavy atom. The molecule has 0 bridgehead atoms. The second-order valence-electron chi connectivity index (χ2n) is 3.59. The van der Waals surface area contributed by atoms with E-state index in [9.17, 15) is 9.18 Å². The van der Waals surface area contributed by atoms with Gasteiger partial charge in [-0.1, -0.05) is 6.07 Å². The summed E-state index contributed by atoms with van der Waals surface area (Å²) in [5.41, 5.74) is 0.886. The van der Waals surface area contributed by atoms with Crippen LogP contribution in [-0.4, -0.2) is 19.6 Å². The molecule has 2 rings (SSSR count). The summed E-state index contributed by atoms with van der Waals surface area (Å²) in [5, 5.41) is 2.75. The Kier molecular flexibility index (Phi) is 2.58. The van der Waals surface area contributed by atoms with Gasteiger partial charge in [-0.2, -0.15) is 0 Å². The number of carbonyl (C=O) groups excluding carboxylic acids is 1. The highest BCUT2D eigenvalue weighted by Crippen LogP contribution is 2.31. The van der Waals surface area contributed by atoms with Gasteiger partial charge in [0.2, 0.25) is 5.91 Å². The standard InChI is InChI=1S/C11H12FNO2/c1-15-10-5-8(12)2-3-9(10)7-4-11(14)13-6-7/h2-3,5,7H,4,6H2,1H3,(H,13,14). The van der Waals surface area contributed by atoms with Crippen LogP contribution in [0.25, 0.3) is 0 Å². The van der Waals surface area contributed by atoms with E-state index in [4.69, 9.17) is 4.74 Å². The van der Waals surface area contributed by atoms with E-state index in [1.165, 1.54) is 19.2 Å². The van der Waals surface area contributed by atoms with Crippen molar-refractivity contribution in [3.63, 3.8) is 0 Å². The first-order chi connectivity index (χ1) is 7.20. The largest absolute Gasteiger partial charge is 0.496 e. The number of hydrogen-bond donors (Lipinski definition) is 1. The van der Waals surface area contributed by atoms with E-state index >= 15 is 0 Å². The fourth-order valence-corrected chi connectivity index (χ4v) is 1.85. The predicted octanol–water partition coefficient (Wildman–Crippen LogP) is 1.44. The monoisotopic (exact) mass is 209 g/mol. The van der Waals surface area contributed by atoms with Crippen LogP contribution in [0.5, 0.6) is 5.75 Å². The van der Waals surface area contributed by atoms with Gasteiger partial charge in [-0.15, -0.1) is 0 Å². The molecular formula is C11H12FNO2. The van der Waals surface area contributed by atoms with Crippen LogP contribution in [-0.2, 0) is 4.79 Å². The molecule has 3 nitrogen and oxygen atoms in total. The molecule has 1 saturated heterocycles. The van der Waals surface area contributed by atoms with Gasteiger partial charge in [-0.25, -0.2) is 4.39 Å². The van der Waals surface area contributed by atoms with Crippen molar-refractivity contribution in [2.45, 2.75) is 12.3 Å². The van der Waals surface area contributed by atoms with E-state index in [0.717, 1.165) is 5.56 Å². The number of halogens is 1. The smallest absolute Gasteiger partial charge is 0.220 e. The lowest BCUT2D eigenvalue weighted by molar-refractivity contribution is -0.119. The minimum atomic E-state index is -0.326. The summed E-state index contributed by atoms with van der Waals surface area (Å²) in [6.45, 7) is 0.598. The first-order valence-corrected chi connectivity index (χ1v) is 4.81. The molecule has 1 aliphatic heterocycles. The molecule has 1 amide bonds. The van der Waals surface area contributed by atoms with Gasteiger partial charge in [-0.05, 0) is 11.6 Å². The van der Waals surface area contributed by atoms with Crippen LogP contribution in [0.15, 0.2) is 18.2 Å². The van der Waals surface area contributed by atoms with E-state index < -0.39 is 0 Å². The lowest BCUT2D eigenvalue weighted by atomic mass is 9.97. The highest BCUT2D eigenvalue weighted by molar-refractivity contribution is 5.79. The molecule has 1 unspecified atom stereocenters. The molecule has 1 N–H and O–H groups in total. The Balaban J connectivity index is 2.31. The molecule has 1 atom stereocenters. The van der Waals surface area contributed by atoms with Crippen molar-refractivity contribution in [3.05, 3.63) is 29.6 Å². The topological polar surface area (TPSA) is 38.3 Å². The van der Waals surface area contributed by atoms with Crippen molar-refractivity contribution in [1.82, 2.24) is 5.32 Å².